The lowest BCUT2D eigenvalue weighted by Crippen LogP contribution is -2.31. The van der Waals surface area contributed by atoms with E-state index in [0.29, 0.717) is 0 Å². The van der Waals surface area contributed by atoms with E-state index in [0.717, 1.165) is 44.2 Å². The van der Waals surface area contributed by atoms with E-state index in [4.69, 9.17) is 4.42 Å². The van der Waals surface area contributed by atoms with Gasteiger partial charge in [-0.3, -0.25) is 4.90 Å². The number of nitrogens with zero attached hydrogens (tertiary/aromatic N) is 2. The Bertz CT molecular complexity index is 323. The van der Waals surface area contributed by atoms with Crippen LogP contribution in [0.1, 0.15) is 24.9 Å². The van der Waals surface area contributed by atoms with Crippen LogP contribution >= 0.6 is 0 Å². The minimum Gasteiger partial charge on any atom is -0.463 e. The van der Waals surface area contributed by atoms with Crippen LogP contribution in [0, 0.1) is 0 Å². The summed E-state index contributed by atoms with van der Waals surface area (Å²) in [6.07, 6.45) is 1.18. The fourth-order valence-electron chi connectivity index (χ4n) is 1.92. The largest absolute Gasteiger partial charge is 0.463 e. The van der Waals surface area contributed by atoms with Gasteiger partial charge >= 0.3 is 0 Å². The van der Waals surface area contributed by atoms with E-state index in [9.17, 15) is 0 Å². The van der Waals surface area contributed by atoms with E-state index in [1.807, 2.05) is 7.05 Å². The summed E-state index contributed by atoms with van der Waals surface area (Å²) in [6, 6.07) is 4.15. The Kier molecular flexibility index (Phi) is 7.01. The molecule has 18 heavy (non-hydrogen) atoms. The maximum atomic E-state index is 5.79. The van der Waals surface area contributed by atoms with Gasteiger partial charge in [0.25, 0.3) is 0 Å². The minimum absolute atomic E-state index is 0.797. The SMILES string of the molecule is CCCN(CCN(C)C)Cc1ccc(CNC)o1. The van der Waals surface area contributed by atoms with Crippen LogP contribution in [-0.2, 0) is 13.1 Å². The quantitative estimate of drug-likeness (QED) is 0.727. The molecule has 0 amide bonds. The second kappa shape index (κ2) is 8.29. The molecular formula is C14H27N3O. The zero-order valence-electron chi connectivity index (χ0n) is 12.2. The van der Waals surface area contributed by atoms with Crippen LogP contribution in [-0.4, -0.2) is 50.6 Å². The molecule has 0 bridgehead atoms. The van der Waals surface area contributed by atoms with E-state index < -0.39 is 0 Å². The topological polar surface area (TPSA) is 31.6 Å². The van der Waals surface area contributed by atoms with E-state index in [2.05, 4.69) is 48.3 Å². The van der Waals surface area contributed by atoms with Gasteiger partial charge in [-0.15, -0.1) is 0 Å². The highest BCUT2D eigenvalue weighted by Gasteiger charge is 2.08. The van der Waals surface area contributed by atoms with Gasteiger partial charge in [0.15, 0.2) is 0 Å². The van der Waals surface area contributed by atoms with Crippen LogP contribution in [0.3, 0.4) is 0 Å². The predicted octanol–water partition coefficient (Wildman–Crippen LogP) is 1.77. The van der Waals surface area contributed by atoms with E-state index in [1.54, 1.807) is 0 Å². The molecule has 104 valence electrons. The second-order valence-electron chi connectivity index (χ2n) is 4.98. The van der Waals surface area contributed by atoms with Crippen LogP contribution in [0.25, 0.3) is 0 Å². The fraction of sp³-hybridized carbons (Fsp3) is 0.714. The van der Waals surface area contributed by atoms with Gasteiger partial charge in [0.2, 0.25) is 0 Å². The van der Waals surface area contributed by atoms with Crippen molar-refractivity contribution in [2.75, 3.05) is 40.8 Å². The molecular weight excluding hydrogens is 226 g/mol. The van der Waals surface area contributed by atoms with Crippen molar-refractivity contribution in [1.82, 2.24) is 15.1 Å². The number of nitrogens with one attached hydrogen (secondary N) is 1. The van der Waals surface area contributed by atoms with Crippen molar-refractivity contribution in [3.63, 3.8) is 0 Å². The molecule has 0 saturated carbocycles. The van der Waals surface area contributed by atoms with E-state index >= 15 is 0 Å². The Labute approximate surface area is 111 Å². The normalized spacial score (nSPS) is 11.7. The molecule has 0 saturated heterocycles. The maximum absolute atomic E-state index is 5.79. The molecule has 4 heteroatoms. The number of hydrogen-bond acceptors (Lipinski definition) is 4. The second-order valence-corrected chi connectivity index (χ2v) is 4.98. The van der Waals surface area contributed by atoms with Crippen LogP contribution in [0.15, 0.2) is 16.5 Å². The third kappa shape index (κ3) is 5.67. The Hall–Kier alpha value is -0.840. The predicted molar refractivity (Wildman–Crippen MR) is 75.6 cm³/mol. The molecule has 0 aliphatic rings. The molecule has 1 aromatic heterocycles. The molecule has 0 spiro atoms. The average Bonchev–Trinajstić information content (AvgIpc) is 2.74. The molecule has 0 radical (unpaired) electrons. The summed E-state index contributed by atoms with van der Waals surface area (Å²) in [5.41, 5.74) is 0. The number of rotatable bonds is 9. The summed E-state index contributed by atoms with van der Waals surface area (Å²) >= 11 is 0. The highest BCUT2D eigenvalue weighted by atomic mass is 16.3. The molecule has 0 atom stereocenters. The van der Waals surface area contributed by atoms with Crippen molar-refractivity contribution in [2.45, 2.75) is 26.4 Å². The van der Waals surface area contributed by atoms with Gasteiger partial charge in [-0.1, -0.05) is 6.92 Å². The van der Waals surface area contributed by atoms with Crippen molar-refractivity contribution in [1.29, 1.82) is 0 Å². The zero-order chi connectivity index (χ0) is 13.4. The Morgan fingerprint density at radius 1 is 1.11 bits per heavy atom. The molecule has 1 heterocycles. The molecule has 0 aliphatic carbocycles. The summed E-state index contributed by atoms with van der Waals surface area (Å²) in [4.78, 5) is 4.67. The van der Waals surface area contributed by atoms with Crippen molar-refractivity contribution >= 4 is 0 Å². The van der Waals surface area contributed by atoms with Gasteiger partial charge < -0.3 is 14.6 Å². The Balaban J connectivity index is 2.47. The average molecular weight is 253 g/mol. The highest BCUT2D eigenvalue weighted by Crippen LogP contribution is 2.10. The molecule has 0 aromatic carbocycles. The molecule has 1 rings (SSSR count). The first kappa shape index (κ1) is 15.2. The summed E-state index contributed by atoms with van der Waals surface area (Å²) in [6.45, 7) is 7.22. The van der Waals surface area contributed by atoms with E-state index in [-0.39, 0.29) is 0 Å². The van der Waals surface area contributed by atoms with Gasteiger partial charge in [0.1, 0.15) is 11.5 Å². The van der Waals surface area contributed by atoms with Gasteiger partial charge in [-0.2, -0.15) is 0 Å². The third-order valence-corrected chi connectivity index (χ3v) is 2.85. The monoisotopic (exact) mass is 253 g/mol. The number of hydrogen-bond donors (Lipinski definition) is 1. The Morgan fingerprint density at radius 3 is 2.44 bits per heavy atom. The van der Waals surface area contributed by atoms with Crippen molar-refractivity contribution in [3.8, 4) is 0 Å². The first-order chi connectivity index (χ1) is 8.65. The third-order valence-electron chi connectivity index (χ3n) is 2.85. The minimum atomic E-state index is 0.797. The van der Waals surface area contributed by atoms with Crippen LogP contribution < -0.4 is 5.32 Å². The standard InChI is InChI=1S/C14H27N3O/c1-5-8-17(10-9-16(3)4)12-14-7-6-13(18-14)11-15-2/h6-7,15H,5,8-12H2,1-4H3. The lowest BCUT2D eigenvalue weighted by atomic mass is 10.3. The van der Waals surface area contributed by atoms with Crippen LogP contribution in [0.2, 0.25) is 0 Å². The first-order valence-corrected chi connectivity index (χ1v) is 6.75. The summed E-state index contributed by atoms with van der Waals surface area (Å²) in [5.74, 6) is 2.07. The van der Waals surface area contributed by atoms with Gasteiger partial charge in [0, 0.05) is 13.1 Å². The summed E-state index contributed by atoms with van der Waals surface area (Å²) in [7, 11) is 6.16. The molecule has 0 aliphatic heterocycles. The first-order valence-electron chi connectivity index (χ1n) is 6.75. The number of likely N-dealkylation sites (N-methyl/N-ethyl adjacent to an activating group) is 1. The van der Waals surface area contributed by atoms with Crippen molar-refractivity contribution in [3.05, 3.63) is 23.7 Å². The summed E-state index contributed by atoms with van der Waals surface area (Å²) in [5, 5.41) is 3.10. The van der Waals surface area contributed by atoms with Gasteiger partial charge in [-0.05, 0) is 46.2 Å². The summed E-state index contributed by atoms with van der Waals surface area (Å²) < 4.78 is 5.79. The van der Waals surface area contributed by atoms with E-state index in [1.165, 1.54) is 6.42 Å². The Morgan fingerprint density at radius 2 is 1.83 bits per heavy atom. The smallest absolute Gasteiger partial charge is 0.118 e. The van der Waals surface area contributed by atoms with Crippen LogP contribution in [0.5, 0.6) is 0 Å². The fourth-order valence-corrected chi connectivity index (χ4v) is 1.92. The van der Waals surface area contributed by atoms with Crippen molar-refractivity contribution < 1.29 is 4.42 Å². The molecule has 0 fully saturated rings. The molecule has 4 nitrogen and oxygen atoms in total. The highest BCUT2D eigenvalue weighted by molar-refractivity contribution is 5.07. The lowest BCUT2D eigenvalue weighted by molar-refractivity contribution is 0.216. The number of furan rings is 1. The van der Waals surface area contributed by atoms with Crippen LogP contribution in [0.4, 0.5) is 0 Å². The molecule has 1 N–H and O–H groups in total. The van der Waals surface area contributed by atoms with Gasteiger partial charge in [-0.25, -0.2) is 0 Å². The zero-order valence-corrected chi connectivity index (χ0v) is 12.2. The molecule has 0 unspecified atom stereocenters. The van der Waals surface area contributed by atoms with Gasteiger partial charge in [0.05, 0.1) is 13.1 Å². The molecule has 1 aromatic rings. The lowest BCUT2D eigenvalue weighted by Gasteiger charge is -2.22. The van der Waals surface area contributed by atoms with Crippen molar-refractivity contribution in [2.24, 2.45) is 0 Å². The maximum Gasteiger partial charge on any atom is 0.118 e.